The smallest absolute Gasteiger partial charge is 0.415 e. The number of esters is 1. The number of fused-ring (bicyclic) bond motifs is 7. The van der Waals surface area contributed by atoms with Crippen LogP contribution in [0.15, 0.2) is 102 Å². The van der Waals surface area contributed by atoms with E-state index in [0.717, 1.165) is 44.5 Å². The topological polar surface area (TPSA) is 137 Å². The first-order valence-corrected chi connectivity index (χ1v) is 14.5. The third-order valence-corrected chi connectivity index (χ3v) is 8.46. The van der Waals surface area contributed by atoms with Gasteiger partial charge in [-0.15, -0.1) is 0 Å². The van der Waals surface area contributed by atoms with E-state index in [1.54, 1.807) is 0 Å². The van der Waals surface area contributed by atoms with Gasteiger partial charge in [-0.2, -0.15) is 0 Å². The number of carbonyl (C=O) groups is 2. The van der Waals surface area contributed by atoms with Crippen LogP contribution in [0.25, 0.3) is 22.3 Å². The molecule has 2 aliphatic carbocycles. The standard InChI is InChI=1S/C35H25N5O5/c41-32-29-30(37-31(36-29)33(42)44-17-27-23-13-5-1-9-19(23)20-10-2-6-14-24(20)27)38-34(39-32)40-35(43)45-18-28-25-15-7-3-11-21(25)22-12-4-8-16-26(22)28/h1-16,27-28,36H,17-18H2,(H2,38,39,40,41,43)/q+1. The van der Waals surface area contributed by atoms with Crippen LogP contribution >= 0.6 is 0 Å². The van der Waals surface area contributed by atoms with Crippen LogP contribution in [0.2, 0.25) is 0 Å². The number of aromatic amines is 1. The number of amides is 1. The van der Waals surface area contributed by atoms with E-state index in [0.29, 0.717) is 0 Å². The van der Waals surface area contributed by atoms with Gasteiger partial charge in [0.25, 0.3) is 11.5 Å². The van der Waals surface area contributed by atoms with Gasteiger partial charge in [0.2, 0.25) is 5.69 Å². The SMILES string of the molecule is O=C(Nc1nc2c(c(=O)[nH]1)NC(C(=O)OCC1c3ccccc3-c3ccccc31)=[N+]2)OCC1c2ccccc2-c2ccccc21. The number of nitrogens with one attached hydrogen (secondary N) is 3. The van der Waals surface area contributed by atoms with Crippen molar-refractivity contribution < 1.29 is 19.1 Å². The summed E-state index contributed by atoms with van der Waals surface area (Å²) in [6.45, 7) is 0.197. The molecule has 0 atom stereocenters. The highest BCUT2D eigenvalue weighted by Gasteiger charge is 2.37. The number of aliphatic imine (C=N–C) groups is 1. The fraction of sp³-hybridized carbons (Fsp3) is 0.114. The summed E-state index contributed by atoms with van der Waals surface area (Å²) < 4.78 is 11.2. The van der Waals surface area contributed by atoms with Crippen molar-refractivity contribution in [3.63, 3.8) is 0 Å². The number of hydrogen-bond donors (Lipinski definition) is 3. The molecule has 2 heterocycles. The zero-order valence-electron chi connectivity index (χ0n) is 23.7. The van der Waals surface area contributed by atoms with Crippen LogP contribution < -0.4 is 21.2 Å². The Morgan fingerprint density at radius 3 is 1.69 bits per heavy atom. The summed E-state index contributed by atoms with van der Waals surface area (Å²) in [5, 5.41) is 5.17. The first-order valence-electron chi connectivity index (χ1n) is 14.5. The number of aromatic nitrogens is 2. The highest BCUT2D eigenvalue weighted by Crippen LogP contribution is 2.45. The number of benzene rings is 4. The van der Waals surface area contributed by atoms with Gasteiger partial charge in [-0.25, -0.2) is 14.9 Å². The van der Waals surface area contributed by atoms with Crippen molar-refractivity contribution in [3.8, 4) is 22.3 Å². The summed E-state index contributed by atoms with van der Waals surface area (Å²) in [5.74, 6) is -1.34. The molecule has 0 unspecified atom stereocenters. The predicted octanol–water partition coefficient (Wildman–Crippen LogP) is 5.28. The average Bonchev–Trinajstić information content (AvgIpc) is 3.74. The lowest BCUT2D eigenvalue weighted by Crippen LogP contribution is -2.28. The second-order valence-electron chi connectivity index (χ2n) is 11.0. The summed E-state index contributed by atoms with van der Waals surface area (Å²) in [7, 11) is 0. The average molecular weight is 596 g/mol. The Morgan fingerprint density at radius 2 is 1.18 bits per heavy atom. The molecule has 0 spiro atoms. The largest absolute Gasteiger partial charge is 0.457 e. The molecule has 1 aliphatic heterocycles. The summed E-state index contributed by atoms with van der Waals surface area (Å²) in [6, 6.07) is 32.1. The van der Waals surface area contributed by atoms with E-state index in [4.69, 9.17) is 9.47 Å². The number of amidine groups is 1. The maximum Gasteiger partial charge on any atom is 0.415 e. The Morgan fingerprint density at radius 1 is 0.711 bits per heavy atom. The van der Waals surface area contributed by atoms with Crippen molar-refractivity contribution in [2.75, 3.05) is 23.8 Å². The number of carbonyl (C=O) groups excluding carboxylic acids is 2. The summed E-state index contributed by atoms with van der Waals surface area (Å²) in [4.78, 5) is 49.4. The van der Waals surface area contributed by atoms with Crippen LogP contribution in [0.3, 0.4) is 0 Å². The van der Waals surface area contributed by atoms with Gasteiger partial charge in [0.15, 0.2) is 0 Å². The number of ether oxygens (including phenoxy) is 2. The second-order valence-corrected chi connectivity index (χ2v) is 11.0. The van der Waals surface area contributed by atoms with Gasteiger partial charge >= 0.3 is 23.7 Å². The van der Waals surface area contributed by atoms with Gasteiger partial charge in [0.1, 0.15) is 13.2 Å². The number of hydrogen-bond acceptors (Lipinski definition) is 8. The highest BCUT2D eigenvalue weighted by molar-refractivity contribution is 6.41. The second kappa shape index (κ2) is 10.6. The summed E-state index contributed by atoms with van der Waals surface area (Å²) in [5.41, 5.74) is 8.16. The molecule has 0 bridgehead atoms. The molecule has 45 heavy (non-hydrogen) atoms. The van der Waals surface area contributed by atoms with Crippen molar-refractivity contribution in [2.24, 2.45) is 0 Å². The minimum Gasteiger partial charge on any atom is -0.457 e. The van der Waals surface area contributed by atoms with Crippen molar-refractivity contribution in [1.82, 2.24) is 15.0 Å². The molecule has 0 fully saturated rings. The van der Waals surface area contributed by atoms with Crippen LogP contribution in [0.1, 0.15) is 34.1 Å². The predicted molar refractivity (Wildman–Crippen MR) is 169 cm³/mol. The lowest BCUT2D eigenvalue weighted by Gasteiger charge is -2.14. The molecule has 0 saturated carbocycles. The van der Waals surface area contributed by atoms with Gasteiger partial charge in [0, 0.05) is 11.8 Å². The first kappa shape index (κ1) is 26.6. The van der Waals surface area contributed by atoms with Gasteiger partial charge in [0.05, 0.1) is 0 Å². The molecular formula is C35H25N5O5+. The van der Waals surface area contributed by atoms with E-state index in [1.807, 2.05) is 72.8 Å². The Labute approximate surface area is 256 Å². The number of rotatable bonds is 6. The fourth-order valence-electron chi connectivity index (χ4n) is 6.46. The van der Waals surface area contributed by atoms with Crippen LogP contribution in [0.4, 0.5) is 22.2 Å². The van der Waals surface area contributed by atoms with E-state index >= 15 is 0 Å². The molecule has 1 aromatic heterocycles. The minimum atomic E-state index is -0.786. The molecule has 3 aliphatic rings. The monoisotopic (exact) mass is 595 g/mol. The minimum absolute atomic E-state index is 0.0170. The molecule has 5 aromatic rings. The molecule has 1 amide bonds. The molecule has 0 saturated heterocycles. The van der Waals surface area contributed by atoms with Gasteiger partial charge in [-0.1, -0.05) is 107 Å². The number of anilines is 2. The van der Waals surface area contributed by atoms with E-state index in [2.05, 4.69) is 49.9 Å². The van der Waals surface area contributed by atoms with Crippen molar-refractivity contribution in [3.05, 3.63) is 130 Å². The zero-order chi connectivity index (χ0) is 30.5. The molecule has 3 N–H and O–H groups in total. The number of nitrogens with zero attached hydrogens (tertiary/aromatic N) is 2. The third-order valence-electron chi connectivity index (χ3n) is 8.46. The Hall–Kier alpha value is -6.03. The van der Waals surface area contributed by atoms with E-state index in [-0.39, 0.29) is 48.3 Å². The zero-order valence-corrected chi connectivity index (χ0v) is 23.7. The maximum absolute atomic E-state index is 13.0. The molecule has 10 heteroatoms. The van der Waals surface area contributed by atoms with Crippen LogP contribution in [-0.2, 0) is 14.3 Å². The Kier molecular flexibility index (Phi) is 6.26. The van der Waals surface area contributed by atoms with Gasteiger partial charge in [-0.05, 0) is 44.5 Å². The van der Waals surface area contributed by atoms with Gasteiger partial charge in [-0.3, -0.25) is 15.1 Å². The lowest BCUT2D eigenvalue weighted by atomic mass is 9.98. The molecular weight excluding hydrogens is 570 g/mol. The molecule has 10 nitrogen and oxygen atoms in total. The highest BCUT2D eigenvalue weighted by atomic mass is 16.5. The first-order chi connectivity index (χ1) is 22.0. The van der Waals surface area contributed by atoms with E-state index in [1.165, 1.54) is 0 Å². The summed E-state index contributed by atoms with van der Waals surface area (Å²) >= 11 is 0. The van der Waals surface area contributed by atoms with Crippen molar-refractivity contribution in [1.29, 1.82) is 0 Å². The van der Waals surface area contributed by atoms with Crippen LogP contribution in [-0.4, -0.2) is 41.1 Å². The molecule has 8 rings (SSSR count). The van der Waals surface area contributed by atoms with Crippen molar-refractivity contribution in [2.45, 2.75) is 11.8 Å². The number of H-pyrrole nitrogens is 1. The van der Waals surface area contributed by atoms with Crippen LogP contribution in [0.5, 0.6) is 0 Å². The Balaban J connectivity index is 0.935. The van der Waals surface area contributed by atoms with E-state index in [9.17, 15) is 14.4 Å². The van der Waals surface area contributed by atoms with Crippen LogP contribution in [0, 0.1) is 0 Å². The Bertz CT molecular complexity index is 2030. The third kappa shape index (κ3) is 4.54. The maximum atomic E-state index is 13.0. The van der Waals surface area contributed by atoms with E-state index < -0.39 is 17.6 Å². The quantitative estimate of drug-likeness (QED) is 0.227. The molecule has 219 valence electrons. The molecule has 1 radical (unpaired) electrons. The fourth-order valence-corrected chi connectivity index (χ4v) is 6.46. The normalized spacial score (nSPS) is 13.9. The van der Waals surface area contributed by atoms with Gasteiger partial charge < -0.3 is 9.47 Å². The van der Waals surface area contributed by atoms with Crippen molar-refractivity contribution >= 4 is 35.4 Å². The summed E-state index contributed by atoms with van der Waals surface area (Å²) in [6.07, 6.45) is -0.786. The molecule has 4 aromatic carbocycles. The lowest BCUT2D eigenvalue weighted by molar-refractivity contribution is -0.135.